The minimum atomic E-state index is -0.0331. The molecule has 4 rings (SSSR count). The van der Waals surface area contributed by atoms with E-state index in [0.717, 1.165) is 44.7 Å². The van der Waals surface area contributed by atoms with E-state index in [9.17, 15) is 4.79 Å². The highest BCUT2D eigenvalue weighted by atomic mass is 16.5. The van der Waals surface area contributed by atoms with Crippen LogP contribution in [-0.2, 0) is 7.05 Å². The second-order valence-corrected chi connectivity index (χ2v) is 6.61. The molecule has 124 valence electrons. The molecule has 0 spiro atoms. The number of fused-ring (bicyclic) bond motifs is 2. The highest BCUT2D eigenvalue weighted by Crippen LogP contribution is 2.49. The summed E-state index contributed by atoms with van der Waals surface area (Å²) >= 11 is 0. The number of ether oxygens (including phenoxy) is 1. The van der Waals surface area contributed by atoms with E-state index in [1.54, 1.807) is 17.7 Å². The molecule has 0 amide bonds. The lowest BCUT2D eigenvalue weighted by Crippen LogP contribution is -2.48. The van der Waals surface area contributed by atoms with Crippen molar-refractivity contribution in [2.75, 3.05) is 18.1 Å². The molecule has 0 saturated heterocycles. The van der Waals surface area contributed by atoms with Crippen LogP contribution in [0.4, 0.5) is 5.69 Å². The van der Waals surface area contributed by atoms with Crippen molar-refractivity contribution in [3.8, 4) is 5.75 Å². The SMILES string of the molecule is C=C1C=C(C)c2cc3c(C)cc(=O)n(C)c3c3c2N1[C@H](CN)CO3. The minimum Gasteiger partial charge on any atom is -0.487 e. The number of allylic oxidation sites excluding steroid dienone is 2. The smallest absolute Gasteiger partial charge is 0.251 e. The fourth-order valence-electron chi connectivity index (χ4n) is 3.80. The predicted molar refractivity (Wildman–Crippen MR) is 97.5 cm³/mol. The number of nitrogens with two attached hydrogens (primary N) is 1. The molecular weight excluding hydrogens is 302 g/mol. The normalized spacial score (nSPS) is 19.2. The third kappa shape index (κ3) is 1.82. The van der Waals surface area contributed by atoms with Crippen LogP contribution in [0.2, 0.25) is 0 Å². The van der Waals surface area contributed by atoms with E-state index in [4.69, 9.17) is 10.5 Å². The molecule has 1 aromatic heterocycles. The highest BCUT2D eigenvalue weighted by Gasteiger charge is 2.35. The monoisotopic (exact) mass is 323 g/mol. The molecule has 0 aliphatic carbocycles. The Morgan fingerprint density at radius 3 is 2.83 bits per heavy atom. The first-order valence-electron chi connectivity index (χ1n) is 8.11. The third-order valence-electron chi connectivity index (χ3n) is 5.08. The highest BCUT2D eigenvalue weighted by molar-refractivity contribution is 6.01. The Bertz CT molecular complexity index is 984. The van der Waals surface area contributed by atoms with Gasteiger partial charge in [-0.25, -0.2) is 0 Å². The zero-order valence-electron chi connectivity index (χ0n) is 14.2. The molecule has 2 aliphatic rings. The van der Waals surface area contributed by atoms with Crippen LogP contribution in [0.3, 0.4) is 0 Å². The van der Waals surface area contributed by atoms with Gasteiger partial charge in [-0.2, -0.15) is 0 Å². The van der Waals surface area contributed by atoms with E-state index in [-0.39, 0.29) is 11.6 Å². The summed E-state index contributed by atoms with van der Waals surface area (Å²) in [6.45, 7) is 9.20. The van der Waals surface area contributed by atoms with Gasteiger partial charge < -0.3 is 19.9 Å². The van der Waals surface area contributed by atoms with Crippen molar-refractivity contribution in [1.29, 1.82) is 0 Å². The van der Waals surface area contributed by atoms with Crippen molar-refractivity contribution in [3.63, 3.8) is 0 Å². The summed E-state index contributed by atoms with van der Waals surface area (Å²) in [6, 6.07) is 3.87. The van der Waals surface area contributed by atoms with Crippen LogP contribution in [0.15, 0.2) is 35.3 Å². The van der Waals surface area contributed by atoms with Gasteiger partial charge in [-0.3, -0.25) is 4.79 Å². The number of rotatable bonds is 1. The maximum absolute atomic E-state index is 12.3. The predicted octanol–water partition coefficient (Wildman–Crippen LogP) is 2.30. The molecule has 1 aromatic carbocycles. The molecule has 5 nitrogen and oxygen atoms in total. The summed E-state index contributed by atoms with van der Waals surface area (Å²) in [5.41, 5.74) is 11.9. The molecule has 0 bridgehead atoms. The number of aromatic nitrogens is 1. The summed E-state index contributed by atoms with van der Waals surface area (Å²) in [6.07, 6.45) is 2.09. The maximum atomic E-state index is 12.3. The van der Waals surface area contributed by atoms with E-state index in [1.165, 1.54) is 0 Å². The van der Waals surface area contributed by atoms with Crippen LogP contribution in [0, 0.1) is 6.92 Å². The van der Waals surface area contributed by atoms with E-state index >= 15 is 0 Å². The Kier molecular flexibility index (Phi) is 3.12. The number of benzene rings is 1. The van der Waals surface area contributed by atoms with E-state index < -0.39 is 0 Å². The van der Waals surface area contributed by atoms with Crippen molar-refractivity contribution in [3.05, 3.63) is 52.0 Å². The topological polar surface area (TPSA) is 60.5 Å². The maximum Gasteiger partial charge on any atom is 0.251 e. The Morgan fingerprint density at radius 1 is 1.38 bits per heavy atom. The van der Waals surface area contributed by atoms with Gasteiger partial charge in [-0.15, -0.1) is 0 Å². The molecule has 1 atom stereocenters. The molecule has 2 aliphatic heterocycles. The van der Waals surface area contributed by atoms with E-state index in [1.807, 2.05) is 6.92 Å². The minimum absolute atomic E-state index is 0.0331. The van der Waals surface area contributed by atoms with Crippen molar-refractivity contribution in [1.82, 2.24) is 4.57 Å². The van der Waals surface area contributed by atoms with E-state index in [2.05, 4.69) is 30.5 Å². The van der Waals surface area contributed by atoms with Gasteiger partial charge in [0, 0.05) is 36.3 Å². The van der Waals surface area contributed by atoms with E-state index in [0.29, 0.717) is 13.2 Å². The number of hydrogen-bond donors (Lipinski definition) is 1. The first-order valence-corrected chi connectivity index (χ1v) is 8.11. The third-order valence-corrected chi connectivity index (χ3v) is 5.08. The second kappa shape index (κ2) is 4.98. The lowest BCUT2D eigenvalue weighted by molar-refractivity contribution is 0.272. The zero-order valence-corrected chi connectivity index (χ0v) is 14.2. The quantitative estimate of drug-likeness (QED) is 0.875. The summed E-state index contributed by atoms with van der Waals surface area (Å²) in [5.74, 6) is 0.754. The Morgan fingerprint density at radius 2 is 2.12 bits per heavy atom. The summed E-state index contributed by atoms with van der Waals surface area (Å²) in [5, 5.41) is 1.04. The number of aryl methyl sites for hydroxylation is 2. The summed E-state index contributed by atoms with van der Waals surface area (Å²) in [4.78, 5) is 14.4. The van der Waals surface area contributed by atoms with Gasteiger partial charge in [-0.05, 0) is 37.1 Å². The van der Waals surface area contributed by atoms with Crippen LogP contribution >= 0.6 is 0 Å². The molecule has 5 heteroatoms. The van der Waals surface area contributed by atoms with Gasteiger partial charge in [0.25, 0.3) is 5.56 Å². The molecule has 0 fully saturated rings. The van der Waals surface area contributed by atoms with Crippen LogP contribution in [0.1, 0.15) is 18.1 Å². The molecule has 2 aromatic rings. The zero-order chi connectivity index (χ0) is 17.2. The second-order valence-electron chi connectivity index (χ2n) is 6.61. The Labute approximate surface area is 140 Å². The van der Waals surface area contributed by atoms with Gasteiger partial charge in [0.05, 0.1) is 17.2 Å². The number of hydrogen-bond acceptors (Lipinski definition) is 4. The molecule has 24 heavy (non-hydrogen) atoms. The Hall–Kier alpha value is -2.53. The van der Waals surface area contributed by atoms with Gasteiger partial charge >= 0.3 is 0 Å². The molecule has 0 radical (unpaired) electrons. The average Bonchev–Trinajstić information content (AvgIpc) is 2.56. The van der Waals surface area contributed by atoms with Crippen LogP contribution in [-0.4, -0.2) is 23.8 Å². The molecule has 3 heterocycles. The van der Waals surface area contributed by atoms with Crippen molar-refractivity contribution < 1.29 is 4.74 Å². The van der Waals surface area contributed by atoms with Crippen molar-refractivity contribution >= 4 is 22.2 Å². The average molecular weight is 323 g/mol. The van der Waals surface area contributed by atoms with Gasteiger partial charge in [0.1, 0.15) is 6.61 Å². The molecule has 0 saturated carbocycles. The van der Waals surface area contributed by atoms with Gasteiger partial charge in [0.15, 0.2) is 5.75 Å². The fourth-order valence-corrected chi connectivity index (χ4v) is 3.80. The number of nitrogens with zero attached hydrogens (tertiary/aromatic N) is 2. The first-order chi connectivity index (χ1) is 11.4. The first kappa shape index (κ1) is 15.0. The summed E-state index contributed by atoms with van der Waals surface area (Å²) < 4.78 is 7.79. The van der Waals surface area contributed by atoms with Crippen LogP contribution in [0.25, 0.3) is 16.5 Å². The van der Waals surface area contributed by atoms with Gasteiger partial charge in [-0.1, -0.05) is 6.58 Å². The van der Waals surface area contributed by atoms with Crippen LogP contribution in [0.5, 0.6) is 5.75 Å². The Balaban J connectivity index is 2.19. The lowest BCUT2D eigenvalue weighted by atomic mass is 9.92. The standard InChI is InChI=1S/C19H21N3O2/c1-10-5-12(3)22-13(8-20)9-24-19-17-14(7-15(10)18(19)22)11(2)6-16(23)21(17)4/h5-7,13H,3,8-9,20H2,1-2,4H3/t13-/m1/s1. The number of anilines is 1. The lowest BCUT2D eigenvalue weighted by Gasteiger charge is -2.42. The molecule has 2 N–H and O–H groups in total. The van der Waals surface area contributed by atoms with Crippen LogP contribution < -0.4 is 20.9 Å². The van der Waals surface area contributed by atoms with Crippen molar-refractivity contribution in [2.45, 2.75) is 19.9 Å². The largest absolute Gasteiger partial charge is 0.487 e. The fraction of sp³-hybridized carbons (Fsp3) is 0.316. The summed E-state index contributed by atoms with van der Waals surface area (Å²) in [7, 11) is 1.79. The van der Waals surface area contributed by atoms with Crippen molar-refractivity contribution in [2.24, 2.45) is 12.8 Å². The molecule has 0 unspecified atom stereocenters. The molecular formula is C19H21N3O2. The number of pyridine rings is 1. The van der Waals surface area contributed by atoms with Gasteiger partial charge in [0.2, 0.25) is 0 Å².